The van der Waals surface area contributed by atoms with E-state index in [4.69, 9.17) is 14.2 Å². The Labute approximate surface area is 242 Å². The number of amides is 3. The Morgan fingerprint density at radius 2 is 1.98 bits per heavy atom. The second-order valence-corrected chi connectivity index (χ2v) is 10.1. The molecule has 3 aromatic rings. The molecule has 3 amide bonds. The molecule has 0 radical (unpaired) electrons. The number of halogens is 1. The lowest BCUT2D eigenvalue weighted by Crippen LogP contribution is -2.58. The number of methoxy groups -OCH3 is 1. The highest BCUT2D eigenvalue weighted by atomic mass is 19.1. The van der Waals surface area contributed by atoms with Crippen molar-refractivity contribution in [1.82, 2.24) is 15.5 Å². The van der Waals surface area contributed by atoms with Crippen molar-refractivity contribution < 1.29 is 33.0 Å². The molecule has 0 spiro atoms. The van der Waals surface area contributed by atoms with Crippen LogP contribution < -0.4 is 24.8 Å². The molecular formula is C31H29FN4O6. The number of nitriles is 1. The number of piperidine rings is 1. The third kappa shape index (κ3) is 6.28. The molecule has 216 valence electrons. The second-order valence-electron chi connectivity index (χ2n) is 10.1. The SMILES string of the molecule is COc1cc2ccc1CNC(=O)COc1cc(ccc1C)C(=O)N[C@H]1CN(C(=O)c3cc(F)cc(C#N)c3)CC[C@H]1O2. The van der Waals surface area contributed by atoms with Gasteiger partial charge in [0.25, 0.3) is 17.7 Å². The number of aryl methyl sites for hydroxylation is 1. The Hall–Kier alpha value is -5.11. The molecule has 1 fully saturated rings. The summed E-state index contributed by atoms with van der Waals surface area (Å²) in [5, 5.41) is 15.0. The van der Waals surface area contributed by atoms with Crippen LogP contribution in [0, 0.1) is 24.1 Å². The van der Waals surface area contributed by atoms with Crippen molar-refractivity contribution in [3.8, 4) is 23.3 Å². The minimum absolute atomic E-state index is 0.0390. The molecule has 2 atom stereocenters. The van der Waals surface area contributed by atoms with Crippen molar-refractivity contribution in [2.75, 3.05) is 26.8 Å². The molecule has 42 heavy (non-hydrogen) atoms. The molecule has 3 aliphatic rings. The minimum atomic E-state index is -0.684. The van der Waals surface area contributed by atoms with Gasteiger partial charge in [0.1, 0.15) is 29.2 Å². The molecule has 11 heteroatoms. The Balaban J connectivity index is 1.47. The second kappa shape index (κ2) is 12.2. The van der Waals surface area contributed by atoms with Gasteiger partial charge in [0.05, 0.1) is 24.8 Å². The van der Waals surface area contributed by atoms with Crippen LogP contribution in [0.4, 0.5) is 4.39 Å². The molecule has 0 aliphatic carbocycles. The molecule has 0 unspecified atom stereocenters. The van der Waals surface area contributed by atoms with Crippen LogP contribution in [-0.2, 0) is 11.3 Å². The van der Waals surface area contributed by atoms with Crippen LogP contribution in [0.15, 0.2) is 54.6 Å². The van der Waals surface area contributed by atoms with E-state index in [1.807, 2.05) is 13.0 Å². The number of nitrogens with one attached hydrogen (secondary N) is 2. The standard InChI is InChI=1S/C31H29FN4O6/c1-18-3-4-20-12-27(18)41-17-29(37)34-15-21-5-6-24(13-28(21)40-2)42-26-7-8-36(16-25(26)35-30(20)38)31(39)22-9-19(14-33)10-23(32)11-22/h3-6,9-13,25-26H,7-8,15-17H2,1-2H3,(H,34,37)(H,35,38)/t25-,26+/m0/s1. The maximum atomic E-state index is 14.1. The number of carbonyl (C=O) groups excluding carboxylic acids is 3. The van der Waals surface area contributed by atoms with Crippen LogP contribution in [0.1, 0.15) is 43.8 Å². The lowest BCUT2D eigenvalue weighted by molar-refractivity contribution is -0.123. The molecule has 10 nitrogen and oxygen atoms in total. The van der Waals surface area contributed by atoms with Crippen molar-refractivity contribution in [2.45, 2.75) is 32.0 Å². The fraction of sp³-hybridized carbons (Fsp3) is 0.290. The Bertz CT molecular complexity index is 1590. The maximum Gasteiger partial charge on any atom is 0.258 e. The Morgan fingerprint density at radius 3 is 2.76 bits per heavy atom. The zero-order valence-corrected chi connectivity index (χ0v) is 23.1. The summed E-state index contributed by atoms with van der Waals surface area (Å²) in [5.41, 5.74) is 1.87. The first-order chi connectivity index (χ1) is 20.2. The topological polar surface area (TPSA) is 130 Å². The fourth-order valence-electron chi connectivity index (χ4n) is 5.01. The number of ether oxygens (including phenoxy) is 3. The lowest BCUT2D eigenvalue weighted by Gasteiger charge is -2.39. The van der Waals surface area contributed by atoms with E-state index in [2.05, 4.69) is 10.6 Å². The number of nitrogens with zero attached hydrogens (tertiary/aromatic N) is 2. The van der Waals surface area contributed by atoms with Gasteiger partial charge in [0.15, 0.2) is 6.61 Å². The van der Waals surface area contributed by atoms with Gasteiger partial charge < -0.3 is 29.7 Å². The number of hydrogen-bond donors (Lipinski definition) is 2. The third-order valence-electron chi connectivity index (χ3n) is 7.26. The van der Waals surface area contributed by atoms with Gasteiger partial charge in [-0.15, -0.1) is 0 Å². The summed E-state index contributed by atoms with van der Waals surface area (Å²) in [5.74, 6) is -0.532. The predicted molar refractivity (Wildman–Crippen MR) is 149 cm³/mol. The first-order valence-corrected chi connectivity index (χ1v) is 13.4. The molecule has 0 aromatic heterocycles. The smallest absolute Gasteiger partial charge is 0.258 e. The summed E-state index contributed by atoms with van der Waals surface area (Å²) >= 11 is 0. The van der Waals surface area contributed by atoms with Gasteiger partial charge in [0, 0.05) is 48.8 Å². The number of fused-ring (bicyclic) bond motifs is 7. The maximum absolute atomic E-state index is 14.1. The number of carbonyl (C=O) groups is 3. The van der Waals surface area contributed by atoms with Crippen molar-refractivity contribution in [3.05, 3.63) is 88.2 Å². The molecule has 3 aliphatic heterocycles. The minimum Gasteiger partial charge on any atom is -0.496 e. The monoisotopic (exact) mass is 572 g/mol. The number of hydrogen-bond acceptors (Lipinski definition) is 7. The average Bonchev–Trinajstić information content (AvgIpc) is 2.99. The normalized spacial score (nSPS) is 18.8. The Kier molecular flexibility index (Phi) is 8.24. The van der Waals surface area contributed by atoms with Crippen LogP contribution in [0.5, 0.6) is 17.2 Å². The number of likely N-dealkylation sites (tertiary alicyclic amines) is 1. The number of rotatable bonds is 2. The first kappa shape index (κ1) is 28.4. The van der Waals surface area contributed by atoms with Crippen molar-refractivity contribution in [2.24, 2.45) is 0 Å². The van der Waals surface area contributed by atoms with E-state index in [1.54, 1.807) is 36.4 Å². The van der Waals surface area contributed by atoms with E-state index in [0.29, 0.717) is 29.2 Å². The van der Waals surface area contributed by atoms with Gasteiger partial charge in [-0.05, 0) is 55.0 Å². The van der Waals surface area contributed by atoms with Gasteiger partial charge in [-0.3, -0.25) is 14.4 Å². The van der Waals surface area contributed by atoms with E-state index in [-0.39, 0.29) is 43.3 Å². The van der Waals surface area contributed by atoms with E-state index < -0.39 is 29.8 Å². The average molecular weight is 573 g/mol. The summed E-state index contributed by atoms with van der Waals surface area (Å²) in [7, 11) is 1.52. The van der Waals surface area contributed by atoms with Crippen LogP contribution in [0.2, 0.25) is 0 Å². The summed E-state index contributed by atoms with van der Waals surface area (Å²) < 4.78 is 31.7. The predicted octanol–water partition coefficient (Wildman–Crippen LogP) is 3.12. The van der Waals surface area contributed by atoms with Gasteiger partial charge in [0.2, 0.25) is 0 Å². The van der Waals surface area contributed by atoms with Gasteiger partial charge in [-0.2, -0.15) is 5.26 Å². The molecule has 2 N–H and O–H groups in total. The van der Waals surface area contributed by atoms with E-state index >= 15 is 0 Å². The summed E-state index contributed by atoms with van der Waals surface area (Å²) in [6.07, 6.45) is -0.160. The number of benzene rings is 3. The third-order valence-corrected chi connectivity index (χ3v) is 7.26. The lowest BCUT2D eigenvalue weighted by atomic mass is 9.99. The van der Waals surface area contributed by atoms with Gasteiger partial charge in [-0.25, -0.2) is 4.39 Å². The molecule has 4 bridgehead atoms. The van der Waals surface area contributed by atoms with Crippen LogP contribution in [0.3, 0.4) is 0 Å². The summed E-state index contributed by atoms with van der Waals surface area (Å²) in [6.45, 7) is 2.13. The van der Waals surface area contributed by atoms with E-state index in [0.717, 1.165) is 23.3 Å². The molecule has 3 heterocycles. The zero-order chi connectivity index (χ0) is 29.8. The van der Waals surface area contributed by atoms with Crippen LogP contribution in [0.25, 0.3) is 0 Å². The summed E-state index contributed by atoms with van der Waals surface area (Å²) in [4.78, 5) is 40.8. The van der Waals surface area contributed by atoms with Crippen molar-refractivity contribution in [1.29, 1.82) is 5.26 Å². The summed E-state index contributed by atoms with van der Waals surface area (Å²) in [6, 6.07) is 14.9. The van der Waals surface area contributed by atoms with E-state index in [1.165, 1.54) is 18.1 Å². The molecular weight excluding hydrogens is 543 g/mol. The van der Waals surface area contributed by atoms with Crippen molar-refractivity contribution >= 4 is 17.7 Å². The van der Waals surface area contributed by atoms with Crippen LogP contribution in [-0.4, -0.2) is 61.6 Å². The fourth-order valence-corrected chi connectivity index (χ4v) is 5.01. The molecule has 6 rings (SSSR count). The Morgan fingerprint density at radius 1 is 1.14 bits per heavy atom. The molecule has 0 saturated carbocycles. The zero-order valence-electron chi connectivity index (χ0n) is 23.1. The van der Waals surface area contributed by atoms with E-state index in [9.17, 15) is 24.0 Å². The van der Waals surface area contributed by atoms with Gasteiger partial charge in [-0.1, -0.05) is 6.07 Å². The highest BCUT2D eigenvalue weighted by molar-refractivity contribution is 5.96. The highest BCUT2D eigenvalue weighted by Gasteiger charge is 2.35. The van der Waals surface area contributed by atoms with Crippen molar-refractivity contribution in [3.63, 3.8) is 0 Å². The highest BCUT2D eigenvalue weighted by Crippen LogP contribution is 2.28. The van der Waals surface area contributed by atoms with Gasteiger partial charge >= 0.3 is 0 Å². The largest absolute Gasteiger partial charge is 0.496 e. The first-order valence-electron chi connectivity index (χ1n) is 13.4. The quantitative estimate of drug-likeness (QED) is 0.483. The van der Waals surface area contributed by atoms with Crippen LogP contribution >= 0.6 is 0 Å². The molecule has 3 aromatic carbocycles. The molecule has 1 saturated heterocycles.